The quantitative estimate of drug-likeness (QED) is 0.645. The van der Waals surface area contributed by atoms with E-state index in [1.165, 1.54) is 4.90 Å². The zero-order valence-electron chi connectivity index (χ0n) is 6.62. The average Bonchev–Trinajstić information content (AvgIpc) is 2.17. The van der Waals surface area contributed by atoms with Crippen LogP contribution in [-0.2, 0) is 11.7 Å². The van der Waals surface area contributed by atoms with Gasteiger partial charge in [0.05, 0.1) is 0 Å². The topological polar surface area (TPSA) is 19.9 Å². The molecule has 61 valence electrons. The standard InChI is InChI=1S/C10H9OS/c11-7-8-3-1-5-10-9(8)4-2-6-12-10/h1-5H,6-7H2. The first kappa shape index (κ1) is 7.90. The van der Waals surface area contributed by atoms with E-state index in [4.69, 9.17) is 0 Å². The summed E-state index contributed by atoms with van der Waals surface area (Å²) in [6.45, 7) is -0.117. The fraction of sp³-hybridized carbons (Fsp3) is 0.200. The van der Waals surface area contributed by atoms with Crippen LogP contribution in [0.4, 0.5) is 0 Å². The predicted octanol–water partition coefficient (Wildman–Crippen LogP) is 2.74. The Morgan fingerprint density at radius 2 is 2.33 bits per heavy atom. The van der Waals surface area contributed by atoms with Crippen molar-refractivity contribution in [2.24, 2.45) is 0 Å². The summed E-state index contributed by atoms with van der Waals surface area (Å²) in [5.41, 5.74) is 2.04. The Balaban J connectivity index is 2.54. The van der Waals surface area contributed by atoms with Gasteiger partial charge in [-0.25, -0.2) is 5.11 Å². The van der Waals surface area contributed by atoms with Crippen LogP contribution in [0, 0.1) is 0 Å². The van der Waals surface area contributed by atoms with Gasteiger partial charge in [-0.2, -0.15) is 0 Å². The molecule has 1 aliphatic rings. The van der Waals surface area contributed by atoms with Gasteiger partial charge in [0.2, 0.25) is 0 Å². The molecule has 12 heavy (non-hydrogen) atoms. The first-order chi connectivity index (χ1) is 5.92. The molecule has 0 amide bonds. The van der Waals surface area contributed by atoms with E-state index in [0.717, 1.165) is 16.9 Å². The van der Waals surface area contributed by atoms with Crippen molar-refractivity contribution >= 4 is 17.8 Å². The summed E-state index contributed by atoms with van der Waals surface area (Å²) >= 11 is 1.79. The summed E-state index contributed by atoms with van der Waals surface area (Å²) in [6.07, 6.45) is 4.16. The van der Waals surface area contributed by atoms with E-state index < -0.39 is 0 Å². The van der Waals surface area contributed by atoms with Crippen LogP contribution in [0.25, 0.3) is 6.08 Å². The minimum atomic E-state index is -0.117. The van der Waals surface area contributed by atoms with Crippen molar-refractivity contribution in [2.45, 2.75) is 11.5 Å². The van der Waals surface area contributed by atoms with Crippen LogP contribution >= 0.6 is 11.8 Å². The highest BCUT2D eigenvalue weighted by Crippen LogP contribution is 2.30. The number of hydrogen-bond donors (Lipinski definition) is 0. The summed E-state index contributed by atoms with van der Waals surface area (Å²) in [6, 6.07) is 5.93. The van der Waals surface area contributed by atoms with Gasteiger partial charge in [-0.05, 0) is 17.2 Å². The van der Waals surface area contributed by atoms with Crippen molar-refractivity contribution in [1.29, 1.82) is 0 Å². The smallest absolute Gasteiger partial charge is 0.108 e. The second kappa shape index (κ2) is 3.33. The molecule has 1 radical (unpaired) electrons. The summed E-state index contributed by atoms with van der Waals surface area (Å²) in [5.74, 6) is 1.02. The molecule has 2 rings (SSSR count). The normalized spacial score (nSPS) is 14.4. The van der Waals surface area contributed by atoms with E-state index in [2.05, 4.69) is 18.2 Å². The summed E-state index contributed by atoms with van der Waals surface area (Å²) in [7, 11) is 0. The fourth-order valence-electron chi connectivity index (χ4n) is 1.33. The summed E-state index contributed by atoms with van der Waals surface area (Å²) in [5, 5.41) is 10.8. The highest BCUT2D eigenvalue weighted by Gasteiger charge is 2.07. The highest BCUT2D eigenvalue weighted by atomic mass is 32.2. The lowest BCUT2D eigenvalue weighted by atomic mass is 10.1. The van der Waals surface area contributed by atoms with Crippen molar-refractivity contribution in [3.8, 4) is 0 Å². The van der Waals surface area contributed by atoms with Gasteiger partial charge in [0, 0.05) is 10.6 Å². The molecule has 1 aromatic rings. The van der Waals surface area contributed by atoms with E-state index in [1.54, 1.807) is 11.8 Å². The van der Waals surface area contributed by atoms with Crippen LogP contribution in [-0.4, -0.2) is 5.75 Å². The molecule has 0 atom stereocenters. The predicted molar refractivity (Wildman–Crippen MR) is 50.6 cm³/mol. The van der Waals surface area contributed by atoms with E-state index >= 15 is 0 Å². The highest BCUT2D eigenvalue weighted by molar-refractivity contribution is 7.99. The van der Waals surface area contributed by atoms with Crippen LogP contribution in [0.1, 0.15) is 11.1 Å². The molecular formula is C10H9OS. The van der Waals surface area contributed by atoms with E-state index in [-0.39, 0.29) is 6.61 Å². The monoisotopic (exact) mass is 177 g/mol. The third kappa shape index (κ3) is 1.28. The molecule has 0 N–H and O–H groups in total. The Bertz CT molecular complexity index is 318. The minimum absolute atomic E-state index is 0.117. The maximum atomic E-state index is 10.8. The second-order valence-electron chi connectivity index (χ2n) is 2.69. The Kier molecular flexibility index (Phi) is 2.19. The molecule has 0 saturated heterocycles. The van der Waals surface area contributed by atoms with Gasteiger partial charge in [-0.1, -0.05) is 24.3 Å². The Morgan fingerprint density at radius 1 is 1.42 bits per heavy atom. The molecule has 1 aliphatic heterocycles. The van der Waals surface area contributed by atoms with Crippen LogP contribution < -0.4 is 0 Å². The molecule has 0 fully saturated rings. The van der Waals surface area contributed by atoms with E-state index in [1.807, 2.05) is 12.1 Å². The molecule has 0 spiro atoms. The van der Waals surface area contributed by atoms with Crippen LogP contribution in [0.2, 0.25) is 0 Å². The van der Waals surface area contributed by atoms with Crippen molar-refractivity contribution in [3.05, 3.63) is 35.4 Å². The van der Waals surface area contributed by atoms with Gasteiger partial charge >= 0.3 is 0 Å². The molecular weight excluding hydrogens is 168 g/mol. The molecule has 0 unspecified atom stereocenters. The lowest BCUT2D eigenvalue weighted by Crippen LogP contribution is -1.93. The maximum Gasteiger partial charge on any atom is 0.108 e. The van der Waals surface area contributed by atoms with Crippen LogP contribution in [0.5, 0.6) is 0 Å². The lowest BCUT2D eigenvalue weighted by molar-refractivity contribution is 0.177. The number of fused-ring (bicyclic) bond motifs is 1. The molecule has 1 nitrogen and oxygen atoms in total. The third-order valence-corrected chi connectivity index (χ3v) is 2.96. The number of rotatable bonds is 1. The molecule has 0 aromatic heterocycles. The average molecular weight is 177 g/mol. The third-order valence-electron chi connectivity index (χ3n) is 1.93. The largest absolute Gasteiger partial charge is 0.232 e. The van der Waals surface area contributed by atoms with Crippen LogP contribution in [0.15, 0.2) is 29.2 Å². The summed E-state index contributed by atoms with van der Waals surface area (Å²) in [4.78, 5) is 1.24. The fourth-order valence-corrected chi connectivity index (χ4v) is 2.24. The van der Waals surface area contributed by atoms with E-state index in [0.29, 0.717) is 0 Å². The number of thioether (sulfide) groups is 1. The first-order valence-electron chi connectivity index (χ1n) is 3.91. The molecule has 1 aromatic carbocycles. The van der Waals surface area contributed by atoms with Crippen molar-refractivity contribution < 1.29 is 5.11 Å². The first-order valence-corrected chi connectivity index (χ1v) is 4.89. The van der Waals surface area contributed by atoms with Gasteiger partial charge < -0.3 is 0 Å². The lowest BCUT2D eigenvalue weighted by Gasteiger charge is -2.11. The van der Waals surface area contributed by atoms with Gasteiger partial charge in [0.1, 0.15) is 6.61 Å². The molecule has 0 saturated carbocycles. The zero-order valence-corrected chi connectivity index (χ0v) is 7.43. The van der Waals surface area contributed by atoms with Gasteiger partial charge in [-0.15, -0.1) is 11.8 Å². The van der Waals surface area contributed by atoms with Gasteiger partial charge in [-0.3, -0.25) is 0 Å². The SMILES string of the molecule is [O]Cc1cccc2c1C=CCS2. The Morgan fingerprint density at radius 3 is 3.17 bits per heavy atom. The zero-order chi connectivity index (χ0) is 8.39. The van der Waals surface area contributed by atoms with Crippen molar-refractivity contribution in [1.82, 2.24) is 0 Å². The number of benzene rings is 1. The Labute approximate surface area is 76.1 Å². The molecule has 2 heteroatoms. The molecule has 0 aliphatic carbocycles. The van der Waals surface area contributed by atoms with Gasteiger partial charge in [0.15, 0.2) is 0 Å². The van der Waals surface area contributed by atoms with Crippen LogP contribution in [0.3, 0.4) is 0 Å². The van der Waals surface area contributed by atoms with Gasteiger partial charge in [0.25, 0.3) is 0 Å². The minimum Gasteiger partial charge on any atom is -0.232 e. The second-order valence-corrected chi connectivity index (χ2v) is 3.75. The maximum absolute atomic E-state index is 10.8. The van der Waals surface area contributed by atoms with E-state index in [9.17, 15) is 5.11 Å². The van der Waals surface area contributed by atoms with Crippen molar-refractivity contribution in [2.75, 3.05) is 5.75 Å². The summed E-state index contributed by atoms with van der Waals surface area (Å²) < 4.78 is 0. The molecule has 0 bridgehead atoms. The molecule has 1 heterocycles. The van der Waals surface area contributed by atoms with Crippen molar-refractivity contribution in [3.63, 3.8) is 0 Å². The Hall–Kier alpha value is -0.730. The number of hydrogen-bond acceptors (Lipinski definition) is 1.